The molecule has 11 aromatic rings. The Morgan fingerprint density at radius 2 is 1.04 bits per heavy atom. The van der Waals surface area contributed by atoms with Crippen LogP contribution in [0.4, 0.5) is 17.1 Å². The van der Waals surface area contributed by atoms with Crippen molar-refractivity contribution in [1.29, 1.82) is 0 Å². The van der Waals surface area contributed by atoms with Crippen LogP contribution in [0.2, 0.25) is 0 Å². The number of nitrogens with zero attached hydrogens (tertiary/aromatic N) is 3. The summed E-state index contributed by atoms with van der Waals surface area (Å²) in [5.74, 6) is 0.661. The second kappa shape index (κ2) is 13.1. The summed E-state index contributed by atoms with van der Waals surface area (Å²) in [4.78, 5) is 12.9. The van der Waals surface area contributed by atoms with Crippen LogP contribution in [0.15, 0.2) is 205 Å². The number of furan rings is 1. The van der Waals surface area contributed by atoms with Gasteiger partial charge < -0.3 is 9.32 Å². The second-order valence-corrected chi connectivity index (χ2v) is 14.2. The summed E-state index contributed by atoms with van der Waals surface area (Å²) in [6.45, 7) is 0. The Kier molecular flexibility index (Phi) is 7.46. The van der Waals surface area contributed by atoms with Gasteiger partial charge in [0.15, 0.2) is 5.82 Å². The molecule has 262 valence electrons. The van der Waals surface area contributed by atoms with Crippen molar-refractivity contribution in [3.8, 4) is 33.8 Å². The molecule has 56 heavy (non-hydrogen) atoms. The van der Waals surface area contributed by atoms with E-state index in [4.69, 9.17) is 14.4 Å². The zero-order valence-corrected chi connectivity index (χ0v) is 30.3. The van der Waals surface area contributed by atoms with E-state index >= 15 is 0 Å². The molecular formula is C52H33N3O. The van der Waals surface area contributed by atoms with Crippen molar-refractivity contribution in [2.24, 2.45) is 0 Å². The number of fused-ring (bicyclic) bond motifs is 7. The van der Waals surface area contributed by atoms with Crippen LogP contribution in [0.25, 0.3) is 88.2 Å². The van der Waals surface area contributed by atoms with E-state index in [1.807, 2.05) is 18.2 Å². The molecule has 0 radical (unpaired) electrons. The van der Waals surface area contributed by atoms with Crippen molar-refractivity contribution in [2.75, 3.05) is 4.90 Å². The fourth-order valence-electron chi connectivity index (χ4n) is 8.13. The van der Waals surface area contributed by atoms with Gasteiger partial charge in [0.05, 0.1) is 11.2 Å². The Morgan fingerprint density at radius 3 is 1.86 bits per heavy atom. The fraction of sp³-hybridized carbons (Fsp3) is 0. The maximum atomic E-state index is 6.84. The lowest BCUT2D eigenvalue weighted by Crippen LogP contribution is -2.09. The number of rotatable bonds is 6. The average molecular weight is 716 g/mol. The molecule has 11 rings (SSSR count). The van der Waals surface area contributed by atoms with Gasteiger partial charge in [-0.3, -0.25) is 0 Å². The largest absolute Gasteiger partial charge is 0.455 e. The monoisotopic (exact) mass is 715 g/mol. The summed E-state index contributed by atoms with van der Waals surface area (Å²) in [7, 11) is 0. The minimum atomic E-state index is 0.661. The number of benzene rings is 9. The lowest BCUT2D eigenvalue weighted by molar-refractivity contribution is 0.673. The highest BCUT2D eigenvalue weighted by atomic mass is 16.3. The molecule has 4 heteroatoms. The minimum Gasteiger partial charge on any atom is -0.455 e. The smallest absolute Gasteiger partial charge is 0.161 e. The summed E-state index contributed by atoms with van der Waals surface area (Å²) in [6, 6.07) is 70.3. The van der Waals surface area contributed by atoms with Gasteiger partial charge in [0, 0.05) is 49.7 Å². The van der Waals surface area contributed by atoms with E-state index in [0.717, 1.165) is 88.6 Å². The standard InChI is InChI=1S/C52H33N3O/c1-3-15-37(16-4-1)50-44-21-11-12-22-47(44)53-52(54-50)46-32-39(33-48-49(46)45-30-26-36-14-9-10-20-43(36)51(45)56-48)35-23-27-41(28-24-35)55(40-18-5-2-6-19-40)42-29-25-34-13-7-8-17-38(34)31-42/h1-33H. The molecule has 0 aliphatic rings. The molecule has 0 fully saturated rings. The van der Waals surface area contributed by atoms with Crippen molar-refractivity contribution in [2.45, 2.75) is 0 Å². The van der Waals surface area contributed by atoms with Crippen molar-refractivity contribution >= 4 is 71.4 Å². The van der Waals surface area contributed by atoms with Gasteiger partial charge in [0.25, 0.3) is 0 Å². The summed E-state index contributed by atoms with van der Waals surface area (Å²) in [6.07, 6.45) is 0. The number of hydrogen-bond acceptors (Lipinski definition) is 4. The minimum absolute atomic E-state index is 0.661. The van der Waals surface area contributed by atoms with Crippen LogP contribution in [0.1, 0.15) is 0 Å². The molecule has 0 amide bonds. The van der Waals surface area contributed by atoms with E-state index in [9.17, 15) is 0 Å². The molecule has 0 aliphatic heterocycles. The maximum absolute atomic E-state index is 6.84. The summed E-state index contributed by atoms with van der Waals surface area (Å²) >= 11 is 0. The summed E-state index contributed by atoms with van der Waals surface area (Å²) in [5.41, 5.74) is 10.8. The molecule has 4 nitrogen and oxygen atoms in total. The van der Waals surface area contributed by atoms with Crippen LogP contribution in [0, 0.1) is 0 Å². The predicted molar refractivity (Wildman–Crippen MR) is 233 cm³/mol. The molecule has 9 aromatic carbocycles. The topological polar surface area (TPSA) is 42.2 Å². The third kappa shape index (κ3) is 5.39. The molecule has 2 aromatic heterocycles. The Hall–Kier alpha value is -7.56. The molecule has 0 bridgehead atoms. The van der Waals surface area contributed by atoms with Crippen LogP contribution >= 0.6 is 0 Å². The van der Waals surface area contributed by atoms with Gasteiger partial charge in [0.1, 0.15) is 11.2 Å². The normalized spacial score (nSPS) is 11.6. The molecule has 0 atom stereocenters. The van der Waals surface area contributed by atoms with Crippen LogP contribution in [0.3, 0.4) is 0 Å². The second-order valence-electron chi connectivity index (χ2n) is 14.2. The van der Waals surface area contributed by atoms with E-state index in [0.29, 0.717) is 5.82 Å². The van der Waals surface area contributed by atoms with Crippen molar-refractivity contribution in [1.82, 2.24) is 9.97 Å². The first kappa shape index (κ1) is 31.9. The van der Waals surface area contributed by atoms with Gasteiger partial charge in [0.2, 0.25) is 0 Å². The van der Waals surface area contributed by atoms with Gasteiger partial charge in [-0.2, -0.15) is 0 Å². The predicted octanol–water partition coefficient (Wildman–Crippen LogP) is 14.3. The Labute approximate surface area is 323 Å². The number of aromatic nitrogens is 2. The quantitative estimate of drug-likeness (QED) is 0.172. The first-order valence-corrected chi connectivity index (χ1v) is 18.9. The molecule has 0 spiro atoms. The number of anilines is 3. The number of hydrogen-bond donors (Lipinski definition) is 0. The van der Waals surface area contributed by atoms with E-state index in [-0.39, 0.29) is 0 Å². The zero-order valence-electron chi connectivity index (χ0n) is 30.3. The van der Waals surface area contributed by atoms with E-state index in [2.05, 4.69) is 187 Å². The number of para-hydroxylation sites is 2. The molecule has 0 N–H and O–H groups in total. The SMILES string of the molecule is c1ccc(-c2nc(-c3cc(-c4ccc(N(c5ccccc5)c5ccc6ccccc6c5)cc4)cc4oc5c6ccccc6ccc5c34)nc3ccccc23)cc1. The Morgan fingerprint density at radius 1 is 0.393 bits per heavy atom. The van der Waals surface area contributed by atoms with Gasteiger partial charge in [-0.1, -0.05) is 140 Å². The van der Waals surface area contributed by atoms with Gasteiger partial charge >= 0.3 is 0 Å². The zero-order chi connectivity index (χ0) is 37.0. The van der Waals surface area contributed by atoms with E-state index < -0.39 is 0 Å². The lowest BCUT2D eigenvalue weighted by atomic mass is 9.96. The first-order valence-electron chi connectivity index (χ1n) is 18.9. The Balaban J connectivity index is 1.11. The molecule has 0 aliphatic carbocycles. The van der Waals surface area contributed by atoms with Gasteiger partial charge in [-0.15, -0.1) is 0 Å². The van der Waals surface area contributed by atoms with Crippen molar-refractivity contribution < 1.29 is 4.42 Å². The van der Waals surface area contributed by atoms with Crippen LogP contribution in [-0.2, 0) is 0 Å². The van der Waals surface area contributed by atoms with Crippen LogP contribution in [-0.4, -0.2) is 9.97 Å². The summed E-state index contributed by atoms with van der Waals surface area (Å²) < 4.78 is 6.84. The molecule has 2 heterocycles. The highest BCUT2D eigenvalue weighted by Gasteiger charge is 2.21. The van der Waals surface area contributed by atoms with Gasteiger partial charge in [-0.25, -0.2) is 9.97 Å². The van der Waals surface area contributed by atoms with E-state index in [1.165, 1.54) is 10.8 Å². The van der Waals surface area contributed by atoms with E-state index in [1.54, 1.807) is 0 Å². The Bertz CT molecular complexity index is 3240. The third-order valence-electron chi connectivity index (χ3n) is 10.8. The highest BCUT2D eigenvalue weighted by Crippen LogP contribution is 2.43. The van der Waals surface area contributed by atoms with Crippen LogP contribution < -0.4 is 4.90 Å². The summed E-state index contributed by atoms with van der Waals surface area (Å²) in [5, 5.41) is 7.71. The van der Waals surface area contributed by atoms with Crippen LogP contribution in [0.5, 0.6) is 0 Å². The molecule has 0 saturated carbocycles. The van der Waals surface area contributed by atoms with Gasteiger partial charge in [-0.05, 0) is 87.9 Å². The first-order chi connectivity index (χ1) is 27.7. The molecule has 0 unspecified atom stereocenters. The molecule has 0 saturated heterocycles. The maximum Gasteiger partial charge on any atom is 0.161 e. The molecular weight excluding hydrogens is 683 g/mol. The average Bonchev–Trinajstić information content (AvgIpc) is 3.66. The van der Waals surface area contributed by atoms with Crippen molar-refractivity contribution in [3.05, 3.63) is 200 Å². The fourth-order valence-corrected chi connectivity index (χ4v) is 8.13. The highest BCUT2D eigenvalue weighted by molar-refractivity contribution is 6.19. The van der Waals surface area contributed by atoms with Crippen molar-refractivity contribution in [3.63, 3.8) is 0 Å². The lowest BCUT2D eigenvalue weighted by Gasteiger charge is -2.26. The third-order valence-corrected chi connectivity index (χ3v) is 10.8.